The number of ether oxygens (including phenoxy) is 1. The van der Waals surface area contributed by atoms with Gasteiger partial charge in [-0.05, 0) is 25.3 Å². The highest BCUT2D eigenvalue weighted by molar-refractivity contribution is 5.87. The van der Waals surface area contributed by atoms with E-state index in [2.05, 4.69) is 18.3 Å². The van der Waals surface area contributed by atoms with E-state index in [1.54, 1.807) is 7.11 Å². The van der Waals surface area contributed by atoms with Gasteiger partial charge in [0.05, 0.1) is 13.7 Å². The number of fused-ring (bicyclic) bond motifs is 1. The third kappa shape index (κ3) is 1.99. The maximum absolute atomic E-state index is 6.00. The molecule has 1 aromatic heterocycles. The Morgan fingerprint density at radius 2 is 2.22 bits per heavy atom. The summed E-state index contributed by atoms with van der Waals surface area (Å²) in [6.45, 7) is 3.00. The summed E-state index contributed by atoms with van der Waals surface area (Å²) in [5.41, 5.74) is 2.18. The van der Waals surface area contributed by atoms with E-state index in [4.69, 9.17) is 9.15 Å². The standard InChI is InChI=1S/C15H19NO2/c1-3-11-12-5-4-6-13(17-2)15(12)18-14(11)9-16-10-7-8-10/h4-6,10,16H,3,7-9H2,1-2H3. The summed E-state index contributed by atoms with van der Waals surface area (Å²) in [5, 5.41) is 4.70. The van der Waals surface area contributed by atoms with Crippen molar-refractivity contribution >= 4 is 11.0 Å². The lowest BCUT2D eigenvalue weighted by atomic mass is 10.1. The summed E-state index contributed by atoms with van der Waals surface area (Å²) in [6.07, 6.45) is 3.58. The molecule has 0 unspecified atom stereocenters. The molecule has 96 valence electrons. The minimum absolute atomic E-state index is 0.699. The van der Waals surface area contributed by atoms with E-state index in [0.717, 1.165) is 30.1 Å². The number of para-hydroxylation sites is 1. The second-order valence-electron chi connectivity index (χ2n) is 4.85. The van der Waals surface area contributed by atoms with Gasteiger partial charge in [0.25, 0.3) is 0 Å². The molecule has 2 aromatic rings. The topological polar surface area (TPSA) is 34.4 Å². The van der Waals surface area contributed by atoms with Gasteiger partial charge in [-0.15, -0.1) is 0 Å². The molecule has 0 aliphatic heterocycles. The lowest BCUT2D eigenvalue weighted by molar-refractivity contribution is 0.406. The minimum Gasteiger partial charge on any atom is -0.493 e. The van der Waals surface area contributed by atoms with E-state index in [1.165, 1.54) is 23.8 Å². The van der Waals surface area contributed by atoms with Gasteiger partial charge in [0.15, 0.2) is 11.3 Å². The number of hydrogen-bond donors (Lipinski definition) is 1. The molecule has 1 aliphatic carbocycles. The fourth-order valence-corrected chi connectivity index (χ4v) is 2.41. The number of methoxy groups -OCH3 is 1. The van der Waals surface area contributed by atoms with Crippen LogP contribution in [0.4, 0.5) is 0 Å². The first kappa shape index (κ1) is 11.6. The lowest BCUT2D eigenvalue weighted by Crippen LogP contribution is -2.15. The molecular formula is C15H19NO2. The van der Waals surface area contributed by atoms with Crippen molar-refractivity contribution < 1.29 is 9.15 Å². The van der Waals surface area contributed by atoms with E-state index < -0.39 is 0 Å². The molecule has 0 saturated heterocycles. The minimum atomic E-state index is 0.699. The maximum atomic E-state index is 6.00. The number of benzene rings is 1. The number of furan rings is 1. The Kier molecular flexibility index (Phi) is 3.00. The van der Waals surface area contributed by atoms with Gasteiger partial charge in [-0.1, -0.05) is 19.1 Å². The SMILES string of the molecule is CCc1c(CNC2CC2)oc2c(OC)cccc12. The molecule has 3 heteroatoms. The van der Waals surface area contributed by atoms with Gasteiger partial charge in [0.1, 0.15) is 5.76 Å². The Balaban J connectivity index is 2.00. The van der Waals surface area contributed by atoms with E-state index in [0.29, 0.717) is 6.04 Å². The van der Waals surface area contributed by atoms with Gasteiger partial charge in [0, 0.05) is 17.0 Å². The van der Waals surface area contributed by atoms with Gasteiger partial charge in [-0.3, -0.25) is 0 Å². The molecule has 3 nitrogen and oxygen atoms in total. The number of nitrogens with one attached hydrogen (secondary N) is 1. The molecule has 0 bridgehead atoms. The van der Waals surface area contributed by atoms with Crippen LogP contribution in [0.2, 0.25) is 0 Å². The van der Waals surface area contributed by atoms with Crippen LogP contribution >= 0.6 is 0 Å². The van der Waals surface area contributed by atoms with Gasteiger partial charge in [-0.2, -0.15) is 0 Å². The van der Waals surface area contributed by atoms with Gasteiger partial charge in [0.2, 0.25) is 0 Å². The van der Waals surface area contributed by atoms with Gasteiger partial charge in [-0.25, -0.2) is 0 Å². The summed E-state index contributed by atoms with van der Waals surface area (Å²) in [4.78, 5) is 0. The fourth-order valence-electron chi connectivity index (χ4n) is 2.41. The number of aryl methyl sites for hydroxylation is 1. The molecule has 18 heavy (non-hydrogen) atoms. The van der Waals surface area contributed by atoms with Crippen molar-refractivity contribution in [3.8, 4) is 5.75 Å². The largest absolute Gasteiger partial charge is 0.493 e. The Hall–Kier alpha value is -1.48. The Morgan fingerprint density at radius 1 is 1.39 bits per heavy atom. The molecule has 0 radical (unpaired) electrons. The predicted molar refractivity (Wildman–Crippen MR) is 72.0 cm³/mol. The second kappa shape index (κ2) is 4.65. The molecule has 0 amide bonds. The monoisotopic (exact) mass is 245 g/mol. The molecular weight excluding hydrogens is 226 g/mol. The summed E-state index contributed by atoms with van der Waals surface area (Å²) in [5.74, 6) is 1.88. The average Bonchev–Trinajstić information content (AvgIpc) is 3.15. The Labute approximate surface area is 107 Å². The Bertz CT molecular complexity index is 555. The quantitative estimate of drug-likeness (QED) is 0.878. The van der Waals surface area contributed by atoms with Crippen LogP contribution in [-0.4, -0.2) is 13.2 Å². The highest BCUT2D eigenvalue weighted by atomic mass is 16.5. The zero-order valence-corrected chi connectivity index (χ0v) is 11.0. The third-order valence-electron chi connectivity index (χ3n) is 3.57. The molecule has 1 aromatic carbocycles. The summed E-state index contributed by atoms with van der Waals surface area (Å²) in [7, 11) is 1.69. The fraction of sp³-hybridized carbons (Fsp3) is 0.467. The average molecular weight is 245 g/mol. The van der Waals surface area contributed by atoms with Crippen molar-refractivity contribution in [1.29, 1.82) is 0 Å². The first-order valence-corrected chi connectivity index (χ1v) is 6.64. The van der Waals surface area contributed by atoms with Crippen LogP contribution in [0, 0.1) is 0 Å². The van der Waals surface area contributed by atoms with Crippen LogP contribution in [0.3, 0.4) is 0 Å². The molecule has 1 N–H and O–H groups in total. The van der Waals surface area contributed by atoms with Crippen molar-refractivity contribution in [2.75, 3.05) is 7.11 Å². The van der Waals surface area contributed by atoms with Crippen LogP contribution in [0.25, 0.3) is 11.0 Å². The molecule has 0 spiro atoms. The predicted octanol–water partition coefficient (Wildman–Crippen LogP) is 3.26. The van der Waals surface area contributed by atoms with Gasteiger partial charge >= 0.3 is 0 Å². The van der Waals surface area contributed by atoms with Gasteiger partial charge < -0.3 is 14.5 Å². The number of hydrogen-bond acceptors (Lipinski definition) is 3. The van der Waals surface area contributed by atoms with Crippen LogP contribution in [0.15, 0.2) is 22.6 Å². The summed E-state index contributed by atoms with van der Waals surface area (Å²) < 4.78 is 11.4. The van der Waals surface area contributed by atoms with Crippen LogP contribution in [0.1, 0.15) is 31.1 Å². The zero-order chi connectivity index (χ0) is 12.5. The molecule has 1 saturated carbocycles. The van der Waals surface area contributed by atoms with Crippen molar-refractivity contribution in [1.82, 2.24) is 5.32 Å². The molecule has 0 atom stereocenters. The van der Waals surface area contributed by atoms with E-state index >= 15 is 0 Å². The molecule has 1 aliphatic rings. The van der Waals surface area contributed by atoms with Crippen LogP contribution < -0.4 is 10.1 Å². The van der Waals surface area contributed by atoms with Crippen molar-refractivity contribution in [2.24, 2.45) is 0 Å². The van der Waals surface area contributed by atoms with E-state index in [9.17, 15) is 0 Å². The molecule has 3 rings (SSSR count). The maximum Gasteiger partial charge on any atom is 0.176 e. The molecule has 1 heterocycles. The highest BCUT2D eigenvalue weighted by Gasteiger charge is 2.22. The highest BCUT2D eigenvalue weighted by Crippen LogP contribution is 2.33. The van der Waals surface area contributed by atoms with Crippen molar-refractivity contribution in [2.45, 2.75) is 38.8 Å². The summed E-state index contributed by atoms with van der Waals surface area (Å²) in [6, 6.07) is 6.78. The Morgan fingerprint density at radius 3 is 2.89 bits per heavy atom. The first-order chi connectivity index (χ1) is 8.83. The molecule has 1 fully saturated rings. The third-order valence-corrected chi connectivity index (χ3v) is 3.57. The van der Waals surface area contributed by atoms with Crippen molar-refractivity contribution in [3.05, 3.63) is 29.5 Å². The first-order valence-electron chi connectivity index (χ1n) is 6.64. The van der Waals surface area contributed by atoms with E-state index in [-0.39, 0.29) is 0 Å². The number of rotatable bonds is 5. The lowest BCUT2D eigenvalue weighted by Gasteiger charge is -2.01. The summed E-state index contributed by atoms with van der Waals surface area (Å²) >= 11 is 0. The second-order valence-corrected chi connectivity index (χ2v) is 4.85. The van der Waals surface area contributed by atoms with Crippen molar-refractivity contribution in [3.63, 3.8) is 0 Å². The normalized spacial score (nSPS) is 15.2. The zero-order valence-electron chi connectivity index (χ0n) is 11.0. The smallest absolute Gasteiger partial charge is 0.176 e. The van der Waals surface area contributed by atoms with Crippen LogP contribution in [0.5, 0.6) is 5.75 Å². The van der Waals surface area contributed by atoms with Crippen LogP contribution in [-0.2, 0) is 13.0 Å². The van der Waals surface area contributed by atoms with E-state index in [1.807, 2.05) is 12.1 Å².